The molecule has 2 aliphatic rings. The maximum absolute atomic E-state index is 5.69. The minimum Gasteiger partial charge on any atom is -0.380 e. The fourth-order valence-corrected chi connectivity index (χ4v) is 4.26. The Bertz CT molecular complexity index is 413. The van der Waals surface area contributed by atoms with Gasteiger partial charge in [0.15, 0.2) is 0 Å². The van der Waals surface area contributed by atoms with Gasteiger partial charge in [-0.2, -0.15) is 0 Å². The number of ether oxygens (including phenoxy) is 1. The van der Waals surface area contributed by atoms with Crippen LogP contribution in [0.5, 0.6) is 0 Å². The van der Waals surface area contributed by atoms with Crippen molar-refractivity contribution in [3.8, 4) is 0 Å². The highest BCUT2D eigenvalue weighted by Gasteiger charge is 2.32. The topological polar surface area (TPSA) is 21.3 Å². The molecule has 0 radical (unpaired) electrons. The molecule has 0 aromatic heterocycles. The fraction of sp³-hybridized carbons (Fsp3) is 0.684. The van der Waals surface area contributed by atoms with Gasteiger partial charge in [0.2, 0.25) is 0 Å². The largest absolute Gasteiger partial charge is 0.380 e. The van der Waals surface area contributed by atoms with E-state index in [1.54, 1.807) is 0 Å². The van der Waals surface area contributed by atoms with E-state index in [9.17, 15) is 0 Å². The van der Waals surface area contributed by atoms with Gasteiger partial charge in [0.05, 0.1) is 6.10 Å². The van der Waals surface area contributed by atoms with E-state index < -0.39 is 0 Å². The third kappa shape index (κ3) is 3.67. The summed E-state index contributed by atoms with van der Waals surface area (Å²) < 4.78 is 5.69. The van der Waals surface area contributed by atoms with Crippen LogP contribution in [-0.4, -0.2) is 19.3 Å². The van der Waals surface area contributed by atoms with Gasteiger partial charge < -0.3 is 10.1 Å². The first-order valence-corrected chi connectivity index (χ1v) is 8.72. The number of rotatable bonds is 5. The zero-order chi connectivity index (χ0) is 14.5. The van der Waals surface area contributed by atoms with Crippen molar-refractivity contribution in [1.82, 2.24) is 5.32 Å². The predicted molar refractivity (Wildman–Crippen MR) is 87.3 cm³/mol. The molecule has 3 atom stereocenters. The molecule has 1 aromatic rings. The van der Waals surface area contributed by atoms with Crippen LogP contribution in [0.15, 0.2) is 30.3 Å². The van der Waals surface area contributed by atoms with Crippen molar-refractivity contribution in [1.29, 1.82) is 0 Å². The van der Waals surface area contributed by atoms with Gasteiger partial charge in [0.25, 0.3) is 0 Å². The summed E-state index contributed by atoms with van der Waals surface area (Å²) in [5.41, 5.74) is 1.46. The van der Waals surface area contributed by atoms with Gasteiger partial charge in [-0.05, 0) is 43.6 Å². The number of benzene rings is 1. The zero-order valence-electron chi connectivity index (χ0n) is 13.3. The Hall–Kier alpha value is -0.860. The lowest BCUT2D eigenvalue weighted by molar-refractivity contribution is 0.0758. The van der Waals surface area contributed by atoms with E-state index >= 15 is 0 Å². The standard InChI is InChI=1S/C19H29NO/c1-21-18-14-8-13-17(18)20-19(15-9-4-2-5-10-15)16-11-6-3-7-12-16/h2,4-5,9-10,16-20H,3,6-8,11-14H2,1H3. The fourth-order valence-electron chi connectivity index (χ4n) is 4.26. The van der Waals surface area contributed by atoms with Gasteiger partial charge in [-0.3, -0.25) is 0 Å². The molecule has 21 heavy (non-hydrogen) atoms. The molecule has 0 bridgehead atoms. The van der Waals surface area contributed by atoms with Crippen LogP contribution in [0.1, 0.15) is 63.0 Å². The van der Waals surface area contributed by atoms with E-state index in [1.165, 1.54) is 56.9 Å². The molecule has 2 nitrogen and oxygen atoms in total. The Morgan fingerprint density at radius 2 is 1.71 bits per heavy atom. The summed E-state index contributed by atoms with van der Waals surface area (Å²) in [4.78, 5) is 0. The van der Waals surface area contributed by atoms with Gasteiger partial charge in [-0.15, -0.1) is 0 Å². The lowest BCUT2D eigenvalue weighted by Gasteiger charge is -2.35. The Morgan fingerprint density at radius 1 is 0.952 bits per heavy atom. The normalized spacial score (nSPS) is 28.6. The highest BCUT2D eigenvalue weighted by Crippen LogP contribution is 2.36. The first-order chi connectivity index (χ1) is 10.4. The number of methoxy groups -OCH3 is 1. The highest BCUT2D eigenvalue weighted by atomic mass is 16.5. The van der Waals surface area contributed by atoms with Gasteiger partial charge in [-0.1, -0.05) is 49.6 Å². The molecule has 2 saturated carbocycles. The summed E-state index contributed by atoms with van der Waals surface area (Å²) in [6.07, 6.45) is 11.1. The second-order valence-corrected chi connectivity index (χ2v) is 6.76. The van der Waals surface area contributed by atoms with Crippen LogP contribution < -0.4 is 5.32 Å². The van der Waals surface area contributed by atoms with Gasteiger partial charge in [0.1, 0.15) is 0 Å². The Balaban J connectivity index is 1.75. The molecular formula is C19H29NO. The Kier molecular flexibility index (Phi) is 5.32. The number of nitrogens with one attached hydrogen (secondary N) is 1. The summed E-state index contributed by atoms with van der Waals surface area (Å²) in [5, 5.41) is 3.98. The molecular weight excluding hydrogens is 258 g/mol. The van der Waals surface area contributed by atoms with Crippen LogP contribution in [0, 0.1) is 5.92 Å². The SMILES string of the molecule is COC1CCCC1NC(c1ccccc1)C1CCCCC1. The molecule has 2 fully saturated rings. The van der Waals surface area contributed by atoms with Crippen molar-refractivity contribution >= 4 is 0 Å². The van der Waals surface area contributed by atoms with Crippen molar-refractivity contribution in [2.75, 3.05) is 7.11 Å². The van der Waals surface area contributed by atoms with Gasteiger partial charge >= 0.3 is 0 Å². The van der Waals surface area contributed by atoms with E-state index in [-0.39, 0.29) is 0 Å². The smallest absolute Gasteiger partial charge is 0.0724 e. The van der Waals surface area contributed by atoms with E-state index in [0.717, 1.165) is 5.92 Å². The monoisotopic (exact) mass is 287 g/mol. The third-order valence-electron chi connectivity index (χ3n) is 5.43. The molecule has 2 heteroatoms. The quantitative estimate of drug-likeness (QED) is 0.863. The van der Waals surface area contributed by atoms with Gasteiger partial charge in [-0.25, -0.2) is 0 Å². The maximum atomic E-state index is 5.69. The summed E-state index contributed by atoms with van der Waals surface area (Å²) in [6.45, 7) is 0. The van der Waals surface area contributed by atoms with Crippen LogP contribution in [0.4, 0.5) is 0 Å². The van der Waals surface area contributed by atoms with E-state index in [0.29, 0.717) is 18.2 Å². The zero-order valence-corrected chi connectivity index (χ0v) is 13.3. The van der Waals surface area contributed by atoms with Crippen molar-refractivity contribution in [3.05, 3.63) is 35.9 Å². The van der Waals surface area contributed by atoms with Crippen LogP contribution >= 0.6 is 0 Å². The predicted octanol–water partition coefficient (Wildman–Crippen LogP) is 4.47. The molecule has 0 spiro atoms. The molecule has 3 unspecified atom stereocenters. The van der Waals surface area contributed by atoms with E-state index in [1.807, 2.05) is 7.11 Å². The second kappa shape index (κ2) is 7.42. The minimum atomic E-state index is 0.403. The third-order valence-corrected chi connectivity index (χ3v) is 5.43. The average Bonchev–Trinajstić information content (AvgIpc) is 3.01. The van der Waals surface area contributed by atoms with Crippen molar-refractivity contribution < 1.29 is 4.74 Å². The second-order valence-electron chi connectivity index (χ2n) is 6.76. The van der Waals surface area contributed by atoms with E-state index in [4.69, 9.17) is 4.74 Å². The molecule has 3 rings (SSSR count). The molecule has 0 saturated heterocycles. The maximum Gasteiger partial charge on any atom is 0.0724 e. The lowest BCUT2D eigenvalue weighted by atomic mass is 9.80. The van der Waals surface area contributed by atoms with Gasteiger partial charge in [0, 0.05) is 19.2 Å². The van der Waals surface area contributed by atoms with Crippen LogP contribution in [-0.2, 0) is 4.74 Å². The highest BCUT2D eigenvalue weighted by molar-refractivity contribution is 5.20. The summed E-state index contributed by atoms with van der Waals surface area (Å²) in [6, 6.07) is 12.1. The molecule has 1 aromatic carbocycles. The number of hydrogen-bond acceptors (Lipinski definition) is 2. The molecule has 1 N–H and O–H groups in total. The van der Waals surface area contributed by atoms with Crippen molar-refractivity contribution in [2.24, 2.45) is 5.92 Å². The summed E-state index contributed by atoms with van der Waals surface area (Å²) >= 11 is 0. The van der Waals surface area contributed by atoms with E-state index in [2.05, 4.69) is 35.6 Å². The molecule has 116 valence electrons. The summed E-state index contributed by atoms with van der Waals surface area (Å²) in [7, 11) is 1.86. The van der Waals surface area contributed by atoms with Crippen LogP contribution in [0.25, 0.3) is 0 Å². The molecule has 2 aliphatic carbocycles. The Labute approximate surface area is 129 Å². The molecule has 0 heterocycles. The van der Waals surface area contributed by atoms with Crippen LogP contribution in [0.3, 0.4) is 0 Å². The first kappa shape index (κ1) is 15.1. The van der Waals surface area contributed by atoms with Crippen molar-refractivity contribution in [3.63, 3.8) is 0 Å². The molecule has 0 aliphatic heterocycles. The Morgan fingerprint density at radius 3 is 2.43 bits per heavy atom. The summed E-state index contributed by atoms with van der Waals surface area (Å²) in [5.74, 6) is 0.791. The number of hydrogen-bond donors (Lipinski definition) is 1. The molecule has 0 amide bonds. The average molecular weight is 287 g/mol. The van der Waals surface area contributed by atoms with Crippen molar-refractivity contribution in [2.45, 2.75) is 69.6 Å². The minimum absolute atomic E-state index is 0.403. The van der Waals surface area contributed by atoms with Crippen LogP contribution in [0.2, 0.25) is 0 Å². The lowest BCUT2D eigenvalue weighted by Crippen LogP contribution is -2.42. The first-order valence-electron chi connectivity index (χ1n) is 8.72.